The average molecular weight is 371 g/mol. The number of esters is 1. The molecule has 0 saturated heterocycles. The highest BCUT2D eigenvalue weighted by Crippen LogP contribution is 2.45. The quantitative estimate of drug-likeness (QED) is 0.774. The van der Waals surface area contributed by atoms with E-state index in [0.29, 0.717) is 30.0 Å². The van der Waals surface area contributed by atoms with E-state index >= 15 is 0 Å². The molecule has 1 aliphatic heterocycles. The molecule has 0 radical (unpaired) electrons. The summed E-state index contributed by atoms with van der Waals surface area (Å²) in [6.07, 6.45) is 1.96. The Bertz CT molecular complexity index is 811. The summed E-state index contributed by atoms with van der Waals surface area (Å²) >= 11 is 0. The van der Waals surface area contributed by atoms with Crippen LogP contribution in [0.15, 0.2) is 41.7 Å². The molecule has 0 spiro atoms. The fourth-order valence-electron chi connectivity index (χ4n) is 3.86. The highest BCUT2D eigenvalue weighted by Gasteiger charge is 2.44. The predicted molar refractivity (Wildman–Crippen MR) is 100 cm³/mol. The van der Waals surface area contributed by atoms with Crippen LogP contribution in [0.2, 0.25) is 0 Å². The number of carbonyl (C=O) groups excluding carboxylic acids is 2. The van der Waals surface area contributed by atoms with Gasteiger partial charge in [0.05, 0.1) is 13.2 Å². The van der Waals surface area contributed by atoms with Crippen molar-refractivity contribution < 1.29 is 24.2 Å². The van der Waals surface area contributed by atoms with Gasteiger partial charge in [0.15, 0.2) is 17.3 Å². The summed E-state index contributed by atoms with van der Waals surface area (Å²) < 4.78 is 10.8. The van der Waals surface area contributed by atoms with Gasteiger partial charge in [0.1, 0.15) is 5.92 Å². The van der Waals surface area contributed by atoms with Crippen LogP contribution in [0, 0.1) is 5.92 Å². The van der Waals surface area contributed by atoms with Crippen LogP contribution in [-0.4, -0.2) is 30.1 Å². The zero-order valence-electron chi connectivity index (χ0n) is 15.7. The Morgan fingerprint density at radius 2 is 2.07 bits per heavy atom. The van der Waals surface area contributed by atoms with E-state index < -0.39 is 17.8 Å². The second kappa shape index (κ2) is 7.86. The number of nitrogens with one attached hydrogen (secondary N) is 1. The fraction of sp³-hybridized carbons (Fsp3) is 0.429. The maximum Gasteiger partial charge on any atom is 0.315 e. The topological polar surface area (TPSA) is 84.9 Å². The SMILES string of the molecule is C=C1NC2=C(C(=O)CCC2)C(c2ccc(O)c(OCC)c2)C1C(=O)OCC. The fourth-order valence-corrected chi connectivity index (χ4v) is 3.86. The molecule has 2 unspecified atom stereocenters. The number of phenolic OH excluding ortho intramolecular Hbond substituents is 1. The van der Waals surface area contributed by atoms with E-state index in [1.807, 2.05) is 6.92 Å². The van der Waals surface area contributed by atoms with Gasteiger partial charge in [-0.05, 0) is 44.4 Å². The van der Waals surface area contributed by atoms with Gasteiger partial charge in [-0.1, -0.05) is 12.6 Å². The minimum absolute atomic E-state index is 0.0187. The maximum absolute atomic E-state index is 12.8. The van der Waals surface area contributed by atoms with Crippen molar-refractivity contribution in [1.82, 2.24) is 5.32 Å². The molecule has 1 heterocycles. The number of hydrogen-bond acceptors (Lipinski definition) is 6. The Balaban J connectivity index is 2.15. The lowest BCUT2D eigenvalue weighted by Gasteiger charge is -2.38. The molecule has 27 heavy (non-hydrogen) atoms. The summed E-state index contributed by atoms with van der Waals surface area (Å²) in [5.41, 5.74) is 2.69. The number of allylic oxidation sites excluding steroid dienone is 2. The van der Waals surface area contributed by atoms with Crippen LogP contribution < -0.4 is 10.1 Å². The first kappa shape index (κ1) is 19.0. The normalized spacial score (nSPS) is 22.1. The summed E-state index contributed by atoms with van der Waals surface area (Å²) in [5, 5.41) is 13.2. The first-order chi connectivity index (χ1) is 13.0. The molecular formula is C21H25NO5. The minimum atomic E-state index is -0.718. The lowest BCUT2D eigenvalue weighted by Crippen LogP contribution is -2.41. The number of ether oxygens (including phenoxy) is 2. The second-order valence-corrected chi connectivity index (χ2v) is 6.69. The largest absolute Gasteiger partial charge is 0.504 e. The van der Waals surface area contributed by atoms with Crippen molar-refractivity contribution in [2.45, 2.75) is 39.0 Å². The van der Waals surface area contributed by atoms with E-state index in [-0.39, 0.29) is 18.1 Å². The van der Waals surface area contributed by atoms with Gasteiger partial charge in [-0.3, -0.25) is 9.59 Å². The molecule has 0 aromatic heterocycles. The van der Waals surface area contributed by atoms with E-state index in [1.54, 1.807) is 19.1 Å². The van der Waals surface area contributed by atoms with Crippen molar-refractivity contribution in [3.8, 4) is 11.5 Å². The summed E-state index contributed by atoms with van der Waals surface area (Å²) in [5.74, 6) is -1.28. The monoisotopic (exact) mass is 371 g/mol. The summed E-state index contributed by atoms with van der Waals surface area (Å²) in [6, 6.07) is 4.95. The molecule has 6 heteroatoms. The molecule has 1 aliphatic carbocycles. The van der Waals surface area contributed by atoms with E-state index in [1.165, 1.54) is 6.07 Å². The lowest BCUT2D eigenvalue weighted by molar-refractivity contribution is -0.147. The van der Waals surface area contributed by atoms with Crippen LogP contribution in [0.5, 0.6) is 11.5 Å². The number of hydrogen-bond donors (Lipinski definition) is 2. The second-order valence-electron chi connectivity index (χ2n) is 6.69. The predicted octanol–water partition coefficient (Wildman–Crippen LogP) is 3.18. The molecule has 1 aromatic rings. The molecule has 0 bridgehead atoms. The van der Waals surface area contributed by atoms with Gasteiger partial charge < -0.3 is 19.9 Å². The third kappa shape index (κ3) is 3.56. The third-order valence-corrected chi connectivity index (χ3v) is 4.97. The molecule has 2 aliphatic rings. The standard InChI is InChI=1S/C21H25NO5/c1-4-26-17-11-13(9-10-15(17)23)19-18(21(25)27-5-2)12(3)22-14-7-6-8-16(24)20(14)19/h9-11,18-19,22-23H,3-8H2,1-2H3. The molecule has 1 aromatic carbocycles. The molecule has 6 nitrogen and oxygen atoms in total. The molecule has 0 saturated carbocycles. The van der Waals surface area contributed by atoms with Crippen LogP contribution in [0.25, 0.3) is 0 Å². The maximum atomic E-state index is 12.8. The van der Waals surface area contributed by atoms with Crippen molar-refractivity contribution in [3.63, 3.8) is 0 Å². The van der Waals surface area contributed by atoms with E-state index in [4.69, 9.17) is 9.47 Å². The molecule has 2 atom stereocenters. The number of phenols is 1. The number of ketones is 1. The van der Waals surface area contributed by atoms with Crippen molar-refractivity contribution in [3.05, 3.63) is 47.3 Å². The molecule has 3 rings (SSSR count). The van der Waals surface area contributed by atoms with Crippen LogP contribution in [0.4, 0.5) is 0 Å². The summed E-state index contributed by atoms with van der Waals surface area (Å²) in [4.78, 5) is 25.5. The molecule has 0 amide bonds. The minimum Gasteiger partial charge on any atom is -0.504 e. The van der Waals surface area contributed by atoms with Crippen molar-refractivity contribution in [2.75, 3.05) is 13.2 Å². The van der Waals surface area contributed by atoms with Crippen LogP contribution in [0.1, 0.15) is 44.6 Å². The van der Waals surface area contributed by atoms with Gasteiger partial charge in [-0.2, -0.15) is 0 Å². The van der Waals surface area contributed by atoms with E-state index in [0.717, 1.165) is 24.1 Å². The zero-order chi connectivity index (χ0) is 19.6. The summed E-state index contributed by atoms with van der Waals surface area (Å²) in [6.45, 7) is 8.24. The van der Waals surface area contributed by atoms with Crippen molar-refractivity contribution in [1.29, 1.82) is 0 Å². The van der Waals surface area contributed by atoms with Crippen LogP contribution in [-0.2, 0) is 14.3 Å². The van der Waals surface area contributed by atoms with Gasteiger partial charge in [0, 0.05) is 29.3 Å². The number of carbonyl (C=O) groups is 2. The highest BCUT2D eigenvalue weighted by atomic mass is 16.5. The van der Waals surface area contributed by atoms with Gasteiger partial charge in [-0.25, -0.2) is 0 Å². The third-order valence-electron chi connectivity index (χ3n) is 4.97. The lowest BCUT2D eigenvalue weighted by atomic mass is 9.71. The Morgan fingerprint density at radius 3 is 2.78 bits per heavy atom. The van der Waals surface area contributed by atoms with Crippen molar-refractivity contribution >= 4 is 11.8 Å². The Morgan fingerprint density at radius 1 is 1.30 bits per heavy atom. The molecular weight excluding hydrogens is 346 g/mol. The first-order valence-electron chi connectivity index (χ1n) is 9.32. The zero-order valence-corrected chi connectivity index (χ0v) is 15.7. The Labute approximate surface area is 158 Å². The molecule has 0 fully saturated rings. The Kier molecular flexibility index (Phi) is 5.54. The summed E-state index contributed by atoms with van der Waals surface area (Å²) in [7, 11) is 0. The number of Topliss-reactive ketones (excluding diaryl/α,β-unsaturated/α-hetero) is 1. The van der Waals surface area contributed by atoms with Crippen LogP contribution in [0.3, 0.4) is 0 Å². The van der Waals surface area contributed by atoms with Gasteiger partial charge in [0.2, 0.25) is 0 Å². The number of aromatic hydroxyl groups is 1. The van der Waals surface area contributed by atoms with E-state index in [2.05, 4.69) is 11.9 Å². The van der Waals surface area contributed by atoms with E-state index in [9.17, 15) is 14.7 Å². The molecule has 2 N–H and O–H groups in total. The average Bonchev–Trinajstić information content (AvgIpc) is 2.63. The number of rotatable bonds is 5. The Hall–Kier alpha value is -2.76. The van der Waals surface area contributed by atoms with Gasteiger partial charge in [0.25, 0.3) is 0 Å². The smallest absolute Gasteiger partial charge is 0.315 e. The number of benzene rings is 1. The molecule has 144 valence electrons. The van der Waals surface area contributed by atoms with Crippen molar-refractivity contribution in [2.24, 2.45) is 5.92 Å². The highest BCUT2D eigenvalue weighted by molar-refractivity contribution is 6.00. The van der Waals surface area contributed by atoms with Gasteiger partial charge >= 0.3 is 5.97 Å². The van der Waals surface area contributed by atoms with Gasteiger partial charge in [-0.15, -0.1) is 0 Å². The first-order valence-corrected chi connectivity index (χ1v) is 9.32. The van der Waals surface area contributed by atoms with Crippen LogP contribution >= 0.6 is 0 Å².